The molecule has 1 aromatic carbocycles. The van der Waals surface area contributed by atoms with Gasteiger partial charge in [0.1, 0.15) is 0 Å². The molecule has 7 heteroatoms. The maximum absolute atomic E-state index is 12.5. The number of hydrogen-bond donors (Lipinski definition) is 1. The molecule has 0 unspecified atom stereocenters. The second kappa shape index (κ2) is 4.77. The highest BCUT2D eigenvalue weighted by Gasteiger charge is 2.30. The smallest absolute Gasteiger partial charge is 0.320 e. The fraction of sp³-hybridized carbons (Fsp3) is 0.0909. The Morgan fingerprint density at radius 3 is 2.72 bits per heavy atom. The number of amides is 1. The molecule has 0 atom stereocenters. The molecule has 0 spiro atoms. The number of halogens is 3. The molecule has 94 valence electrons. The third-order valence-electron chi connectivity index (χ3n) is 2.07. The molecule has 18 heavy (non-hydrogen) atoms. The number of nitrogens with zero attached hydrogens (tertiary/aromatic N) is 1. The zero-order valence-corrected chi connectivity index (χ0v) is 9.68. The molecule has 1 heterocycles. The van der Waals surface area contributed by atoms with Crippen LogP contribution in [0.15, 0.2) is 35.8 Å². The third kappa shape index (κ3) is 2.86. The second-order valence-corrected chi connectivity index (χ2v) is 4.26. The monoisotopic (exact) mass is 272 g/mol. The van der Waals surface area contributed by atoms with Gasteiger partial charge >= 0.3 is 6.18 Å². The predicted octanol–water partition coefficient (Wildman–Crippen LogP) is 3.41. The molecule has 0 bridgehead atoms. The number of alkyl halides is 3. The van der Waals surface area contributed by atoms with Gasteiger partial charge in [0.15, 0.2) is 5.01 Å². The maximum atomic E-state index is 12.5. The van der Waals surface area contributed by atoms with E-state index < -0.39 is 17.6 Å². The van der Waals surface area contributed by atoms with Crippen molar-refractivity contribution in [1.82, 2.24) is 4.98 Å². The SMILES string of the molecule is O=C(Nc1cccc(C(F)(F)F)c1)c1nccs1. The van der Waals surface area contributed by atoms with Gasteiger partial charge in [-0.15, -0.1) is 11.3 Å². The molecule has 0 saturated heterocycles. The Labute approximate surface area is 104 Å². The maximum Gasteiger partial charge on any atom is 0.416 e. The van der Waals surface area contributed by atoms with E-state index in [0.717, 1.165) is 23.5 Å². The summed E-state index contributed by atoms with van der Waals surface area (Å²) in [4.78, 5) is 15.4. The minimum absolute atomic E-state index is 0.0880. The highest BCUT2D eigenvalue weighted by Crippen LogP contribution is 2.30. The van der Waals surface area contributed by atoms with Crippen LogP contribution in [0.3, 0.4) is 0 Å². The molecule has 1 aromatic heterocycles. The average molecular weight is 272 g/mol. The first-order chi connectivity index (χ1) is 8.47. The Hall–Kier alpha value is -1.89. The van der Waals surface area contributed by atoms with Gasteiger partial charge in [-0.05, 0) is 18.2 Å². The summed E-state index contributed by atoms with van der Waals surface area (Å²) >= 11 is 1.11. The van der Waals surface area contributed by atoms with Gasteiger partial charge < -0.3 is 5.32 Å². The van der Waals surface area contributed by atoms with Crippen LogP contribution in [0.5, 0.6) is 0 Å². The second-order valence-electron chi connectivity index (χ2n) is 3.37. The van der Waals surface area contributed by atoms with Crippen molar-refractivity contribution < 1.29 is 18.0 Å². The summed E-state index contributed by atoms with van der Waals surface area (Å²) in [6.07, 6.45) is -2.98. The summed E-state index contributed by atoms with van der Waals surface area (Å²) in [5.74, 6) is -0.524. The number of thiazole rings is 1. The third-order valence-corrected chi connectivity index (χ3v) is 2.85. The molecule has 0 fully saturated rings. The zero-order chi connectivity index (χ0) is 13.2. The lowest BCUT2D eigenvalue weighted by Crippen LogP contribution is -2.12. The van der Waals surface area contributed by atoms with Crippen LogP contribution in [0.25, 0.3) is 0 Å². The number of aromatic nitrogens is 1. The van der Waals surface area contributed by atoms with Gasteiger partial charge in [-0.2, -0.15) is 13.2 Å². The quantitative estimate of drug-likeness (QED) is 0.910. The first-order valence-corrected chi connectivity index (χ1v) is 5.73. The molecule has 0 saturated carbocycles. The van der Waals surface area contributed by atoms with E-state index in [9.17, 15) is 18.0 Å². The molecular formula is C11H7F3N2OS. The normalized spacial score (nSPS) is 11.3. The van der Waals surface area contributed by atoms with Crippen molar-refractivity contribution in [2.24, 2.45) is 0 Å². The Kier molecular flexibility index (Phi) is 3.33. The van der Waals surface area contributed by atoms with E-state index in [1.807, 2.05) is 0 Å². The van der Waals surface area contributed by atoms with Crippen LogP contribution < -0.4 is 5.32 Å². The first kappa shape index (κ1) is 12.6. The number of carbonyl (C=O) groups is 1. The lowest BCUT2D eigenvalue weighted by atomic mass is 10.2. The zero-order valence-electron chi connectivity index (χ0n) is 8.86. The molecule has 1 amide bonds. The minimum atomic E-state index is -4.43. The summed E-state index contributed by atoms with van der Waals surface area (Å²) in [6.45, 7) is 0. The van der Waals surface area contributed by atoms with Gasteiger partial charge in [-0.1, -0.05) is 6.07 Å². The Bertz CT molecular complexity index is 552. The van der Waals surface area contributed by atoms with E-state index in [2.05, 4.69) is 10.3 Å². The van der Waals surface area contributed by atoms with Gasteiger partial charge in [0.05, 0.1) is 5.56 Å². The standard InChI is InChI=1S/C11H7F3N2OS/c12-11(13,14)7-2-1-3-8(6-7)16-9(17)10-15-4-5-18-10/h1-6H,(H,16,17). The number of hydrogen-bond acceptors (Lipinski definition) is 3. The van der Waals surface area contributed by atoms with Crippen molar-refractivity contribution in [1.29, 1.82) is 0 Å². The van der Waals surface area contributed by atoms with Crippen molar-refractivity contribution in [3.05, 3.63) is 46.4 Å². The number of benzene rings is 1. The minimum Gasteiger partial charge on any atom is -0.320 e. The van der Waals surface area contributed by atoms with Crippen molar-refractivity contribution in [2.75, 3.05) is 5.32 Å². The molecule has 1 N–H and O–H groups in total. The van der Waals surface area contributed by atoms with Crippen LogP contribution in [0.1, 0.15) is 15.4 Å². The van der Waals surface area contributed by atoms with Crippen LogP contribution in [-0.2, 0) is 6.18 Å². The van der Waals surface area contributed by atoms with Crippen LogP contribution in [0.2, 0.25) is 0 Å². The molecule has 2 rings (SSSR count). The van der Waals surface area contributed by atoms with Crippen LogP contribution >= 0.6 is 11.3 Å². The topological polar surface area (TPSA) is 42.0 Å². The highest BCUT2D eigenvalue weighted by molar-refractivity contribution is 7.11. The molecule has 0 aliphatic rings. The Balaban J connectivity index is 2.18. The molecular weight excluding hydrogens is 265 g/mol. The van der Waals surface area contributed by atoms with Crippen LogP contribution in [-0.4, -0.2) is 10.9 Å². The van der Waals surface area contributed by atoms with E-state index in [0.29, 0.717) is 0 Å². The lowest BCUT2D eigenvalue weighted by Gasteiger charge is -2.08. The van der Waals surface area contributed by atoms with Gasteiger partial charge in [-0.25, -0.2) is 4.98 Å². The highest BCUT2D eigenvalue weighted by atomic mass is 32.1. The average Bonchev–Trinajstić information content (AvgIpc) is 2.81. The number of carbonyl (C=O) groups excluding carboxylic acids is 1. The van der Waals surface area contributed by atoms with Crippen molar-refractivity contribution in [3.8, 4) is 0 Å². The van der Waals surface area contributed by atoms with E-state index in [-0.39, 0.29) is 10.7 Å². The summed E-state index contributed by atoms with van der Waals surface area (Å²) in [5.41, 5.74) is -0.718. The summed E-state index contributed by atoms with van der Waals surface area (Å²) < 4.78 is 37.4. The van der Waals surface area contributed by atoms with Crippen molar-refractivity contribution in [3.63, 3.8) is 0 Å². The molecule has 0 aliphatic carbocycles. The van der Waals surface area contributed by atoms with Gasteiger partial charge in [-0.3, -0.25) is 4.79 Å². The first-order valence-electron chi connectivity index (χ1n) is 4.85. The Morgan fingerprint density at radius 1 is 1.33 bits per heavy atom. The number of rotatable bonds is 2. The van der Waals surface area contributed by atoms with E-state index in [1.54, 1.807) is 5.38 Å². The lowest BCUT2D eigenvalue weighted by molar-refractivity contribution is -0.137. The molecule has 0 radical (unpaired) electrons. The summed E-state index contributed by atoms with van der Waals surface area (Å²) in [5, 5.41) is 4.18. The number of anilines is 1. The van der Waals surface area contributed by atoms with Crippen LogP contribution in [0, 0.1) is 0 Å². The number of nitrogens with one attached hydrogen (secondary N) is 1. The van der Waals surface area contributed by atoms with E-state index in [1.165, 1.54) is 18.3 Å². The van der Waals surface area contributed by atoms with Crippen LogP contribution in [0.4, 0.5) is 18.9 Å². The van der Waals surface area contributed by atoms with E-state index >= 15 is 0 Å². The summed E-state index contributed by atoms with van der Waals surface area (Å²) in [6, 6.07) is 4.45. The molecule has 0 aliphatic heterocycles. The van der Waals surface area contributed by atoms with Gasteiger partial charge in [0, 0.05) is 17.3 Å². The fourth-order valence-corrected chi connectivity index (χ4v) is 1.82. The van der Waals surface area contributed by atoms with Gasteiger partial charge in [0.25, 0.3) is 5.91 Å². The molecule has 3 nitrogen and oxygen atoms in total. The van der Waals surface area contributed by atoms with Crippen molar-refractivity contribution >= 4 is 22.9 Å². The van der Waals surface area contributed by atoms with Gasteiger partial charge in [0.2, 0.25) is 0 Å². The fourth-order valence-electron chi connectivity index (χ4n) is 1.29. The largest absolute Gasteiger partial charge is 0.416 e. The van der Waals surface area contributed by atoms with Crippen molar-refractivity contribution in [2.45, 2.75) is 6.18 Å². The Morgan fingerprint density at radius 2 is 2.11 bits per heavy atom. The predicted molar refractivity (Wildman–Crippen MR) is 61.5 cm³/mol. The molecule has 2 aromatic rings. The van der Waals surface area contributed by atoms with E-state index in [4.69, 9.17) is 0 Å². The summed E-state index contributed by atoms with van der Waals surface area (Å²) in [7, 11) is 0.